The van der Waals surface area contributed by atoms with E-state index in [0.717, 1.165) is 36.8 Å². The van der Waals surface area contributed by atoms with Gasteiger partial charge in [0.1, 0.15) is 0 Å². The molecule has 1 aromatic carbocycles. The van der Waals surface area contributed by atoms with Gasteiger partial charge in [-0.25, -0.2) is 0 Å². The molecule has 1 aromatic heterocycles. The predicted octanol–water partition coefficient (Wildman–Crippen LogP) is 6.83. The first-order valence-corrected chi connectivity index (χ1v) is 12.2. The van der Waals surface area contributed by atoms with Gasteiger partial charge in [0.25, 0.3) is 0 Å². The molecule has 4 rings (SSSR count). The van der Waals surface area contributed by atoms with Crippen molar-refractivity contribution in [3.05, 3.63) is 70.1 Å². The third-order valence-corrected chi connectivity index (χ3v) is 5.81. The van der Waals surface area contributed by atoms with Gasteiger partial charge in [0.05, 0.1) is 24.9 Å². The molecule has 4 nitrogen and oxygen atoms in total. The lowest BCUT2D eigenvalue weighted by atomic mass is 9.98. The van der Waals surface area contributed by atoms with Gasteiger partial charge in [-0.2, -0.15) is 5.10 Å². The number of Topliss-reactive ketones (excluding diaryl/α,β-unsaturated/α-hetero) is 1. The van der Waals surface area contributed by atoms with Gasteiger partial charge in [-0.15, -0.1) is 0 Å². The molecule has 0 atom stereocenters. The number of carbonyl (C=O) groups is 1. The summed E-state index contributed by atoms with van der Waals surface area (Å²) in [5.41, 5.74) is 9.21. The highest BCUT2D eigenvalue weighted by Gasteiger charge is 2.25. The van der Waals surface area contributed by atoms with E-state index in [1.54, 1.807) is 5.56 Å². The summed E-state index contributed by atoms with van der Waals surface area (Å²) < 4.78 is 7.14. The van der Waals surface area contributed by atoms with Crippen molar-refractivity contribution in [3.63, 3.8) is 0 Å². The standard InChI is InChI=1S/C12H16N2O.C12H16.C6H8O/c1-9(2)4-5-12-10(3)6-14(13-12)11-7-15-8-11;1-8-6-10(3)12(7-9(8)2)11-4-5-11;1-3-4-5-6(2)7/h4-6,11H,1,7-8H2,2-3H3;6-7,11H,4-5H2,1-3H3;3H2,1-2H3/b5-4-;;. The summed E-state index contributed by atoms with van der Waals surface area (Å²) >= 11 is 0. The largest absolute Gasteiger partial charge is 0.377 e. The van der Waals surface area contributed by atoms with Gasteiger partial charge in [0.2, 0.25) is 5.78 Å². The smallest absolute Gasteiger partial charge is 0.202 e. The van der Waals surface area contributed by atoms with Crippen LogP contribution < -0.4 is 0 Å². The number of rotatable bonds is 4. The Morgan fingerprint density at radius 2 is 1.76 bits per heavy atom. The van der Waals surface area contributed by atoms with Crippen LogP contribution in [0.25, 0.3) is 6.08 Å². The first kappa shape index (κ1) is 27.3. The van der Waals surface area contributed by atoms with E-state index in [2.05, 4.69) is 69.5 Å². The Balaban J connectivity index is 0.000000193. The maximum atomic E-state index is 10.0. The predicted molar refractivity (Wildman–Crippen MR) is 142 cm³/mol. The summed E-state index contributed by atoms with van der Waals surface area (Å²) in [5, 5.41) is 4.51. The molecule has 1 saturated carbocycles. The molecule has 0 amide bonds. The lowest BCUT2D eigenvalue weighted by Gasteiger charge is -2.25. The zero-order chi connectivity index (χ0) is 25.3. The molecule has 182 valence electrons. The van der Waals surface area contributed by atoms with Crippen molar-refractivity contribution in [2.75, 3.05) is 13.2 Å². The molecule has 0 spiro atoms. The summed E-state index contributed by atoms with van der Waals surface area (Å²) in [7, 11) is 0. The summed E-state index contributed by atoms with van der Waals surface area (Å²) in [5.74, 6) is 5.89. The van der Waals surface area contributed by atoms with E-state index < -0.39 is 0 Å². The minimum absolute atomic E-state index is 0.0538. The van der Waals surface area contributed by atoms with Crippen LogP contribution in [0.5, 0.6) is 0 Å². The summed E-state index contributed by atoms with van der Waals surface area (Å²) in [6.07, 6.45) is 9.64. The normalized spacial score (nSPS) is 14.7. The highest BCUT2D eigenvalue weighted by atomic mass is 16.5. The van der Waals surface area contributed by atoms with Crippen LogP contribution in [0.1, 0.15) is 85.5 Å². The van der Waals surface area contributed by atoms with Crippen LogP contribution >= 0.6 is 0 Å². The van der Waals surface area contributed by atoms with Crippen molar-refractivity contribution in [2.45, 2.75) is 79.7 Å². The Kier molecular flexibility index (Phi) is 10.5. The van der Waals surface area contributed by atoms with Crippen LogP contribution in [0, 0.1) is 39.5 Å². The van der Waals surface area contributed by atoms with Crippen LogP contribution in [0.2, 0.25) is 0 Å². The van der Waals surface area contributed by atoms with Crippen molar-refractivity contribution in [1.29, 1.82) is 0 Å². The van der Waals surface area contributed by atoms with Gasteiger partial charge in [-0.05, 0) is 93.2 Å². The van der Waals surface area contributed by atoms with E-state index in [1.807, 2.05) is 30.7 Å². The van der Waals surface area contributed by atoms with Gasteiger partial charge in [-0.1, -0.05) is 43.2 Å². The fourth-order valence-corrected chi connectivity index (χ4v) is 3.48. The molecule has 1 aliphatic heterocycles. The molecule has 34 heavy (non-hydrogen) atoms. The number of ketones is 1. The maximum absolute atomic E-state index is 10.0. The third-order valence-electron chi connectivity index (χ3n) is 5.81. The van der Waals surface area contributed by atoms with Crippen molar-refractivity contribution < 1.29 is 9.53 Å². The Hall–Kier alpha value is -2.90. The van der Waals surface area contributed by atoms with Crippen molar-refractivity contribution >= 4 is 11.9 Å². The summed E-state index contributed by atoms with van der Waals surface area (Å²) in [4.78, 5) is 10.0. The van der Waals surface area contributed by atoms with Crippen LogP contribution in [-0.2, 0) is 9.53 Å². The van der Waals surface area contributed by atoms with Gasteiger partial charge >= 0.3 is 0 Å². The van der Waals surface area contributed by atoms with Gasteiger partial charge < -0.3 is 4.74 Å². The molecule has 0 radical (unpaired) electrons. The highest BCUT2D eigenvalue weighted by Crippen LogP contribution is 2.42. The van der Waals surface area contributed by atoms with Crippen LogP contribution in [0.4, 0.5) is 0 Å². The molecule has 1 aliphatic carbocycles. The number of hydrogen-bond donors (Lipinski definition) is 0. The number of allylic oxidation sites excluding steroid dienone is 2. The SMILES string of the molecule is C=C(C)/C=C\c1nn(C2COC2)cc1C.CCC#CC(C)=O.Cc1cc(C)c(C2CC2)cc1C. The van der Waals surface area contributed by atoms with E-state index in [9.17, 15) is 4.79 Å². The van der Waals surface area contributed by atoms with E-state index in [-0.39, 0.29) is 5.78 Å². The summed E-state index contributed by atoms with van der Waals surface area (Å²) in [6.45, 7) is 19.5. The zero-order valence-electron chi connectivity index (χ0n) is 22.0. The number of benzene rings is 1. The average molecular weight is 461 g/mol. The number of aromatic nitrogens is 2. The molecule has 0 N–H and O–H groups in total. The van der Waals surface area contributed by atoms with E-state index in [1.165, 1.54) is 42.0 Å². The van der Waals surface area contributed by atoms with Crippen LogP contribution in [0.3, 0.4) is 0 Å². The zero-order valence-corrected chi connectivity index (χ0v) is 22.0. The van der Waals surface area contributed by atoms with Crippen molar-refractivity contribution in [3.8, 4) is 11.8 Å². The Morgan fingerprint density at radius 3 is 2.24 bits per heavy atom. The fourth-order valence-electron chi connectivity index (χ4n) is 3.48. The molecule has 2 fully saturated rings. The fraction of sp³-hybridized carbons (Fsp3) is 0.467. The molecule has 0 bridgehead atoms. The number of nitrogens with zero attached hydrogens (tertiary/aromatic N) is 2. The topological polar surface area (TPSA) is 44.1 Å². The molecule has 2 aliphatic rings. The van der Waals surface area contributed by atoms with Crippen molar-refractivity contribution in [1.82, 2.24) is 9.78 Å². The van der Waals surface area contributed by atoms with E-state index >= 15 is 0 Å². The maximum Gasteiger partial charge on any atom is 0.202 e. The lowest BCUT2D eigenvalue weighted by Crippen LogP contribution is -2.30. The first-order valence-electron chi connectivity index (χ1n) is 12.2. The Bertz CT molecular complexity index is 1090. The van der Waals surface area contributed by atoms with E-state index in [4.69, 9.17) is 4.74 Å². The molecular formula is C30H40N2O2. The first-order chi connectivity index (χ1) is 16.1. The number of aryl methyl sites for hydroxylation is 4. The van der Waals surface area contributed by atoms with E-state index in [0.29, 0.717) is 6.04 Å². The second-order valence-electron chi connectivity index (χ2n) is 9.33. The van der Waals surface area contributed by atoms with Gasteiger partial charge in [-0.3, -0.25) is 9.48 Å². The Morgan fingerprint density at radius 1 is 1.12 bits per heavy atom. The second-order valence-corrected chi connectivity index (χ2v) is 9.33. The molecule has 1 saturated heterocycles. The summed E-state index contributed by atoms with van der Waals surface area (Å²) in [6, 6.07) is 5.13. The average Bonchev–Trinajstić information content (AvgIpc) is 3.50. The number of carbonyl (C=O) groups excluding carboxylic acids is 1. The van der Waals surface area contributed by atoms with Crippen LogP contribution in [-0.4, -0.2) is 28.8 Å². The van der Waals surface area contributed by atoms with Crippen molar-refractivity contribution in [2.24, 2.45) is 0 Å². The number of hydrogen-bond acceptors (Lipinski definition) is 3. The van der Waals surface area contributed by atoms with Crippen LogP contribution in [0.15, 0.2) is 36.6 Å². The minimum atomic E-state index is -0.0538. The van der Waals surface area contributed by atoms with Gasteiger partial charge in [0.15, 0.2) is 0 Å². The molecule has 4 heteroatoms. The Labute approximate surface area is 206 Å². The minimum Gasteiger partial charge on any atom is -0.377 e. The monoisotopic (exact) mass is 460 g/mol. The lowest BCUT2D eigenvalue weighted by molar-refractivity contribution is -0.111. The molecular weight excluding hydrogens is 420 g/mol. The molecule has 0 unspecified atom stereocenters. The number of ether oxygens (including phenoxy) is 1. The third kappa shape index (κ3) is 8.80. The quantitative estimate of drug-likeness (QED) is 0.285. The highest BCUT2D eigenvalue weighted by molar-refractivity contribution is 5.93. The molecule has 2 heterocycles. The van der Waals surface area contributed by atoms with Gasteiger partial charge in [0, 0.05) is 19.5 Å². The molecule has 2 aromatic rings. The second kappa shape index (κ2) is 13.1.